The van der Waals surface area contributed by atoms with Crippen molar-refractivity contribution in [3.05, 3.63) is 102 Å². The number of hydrogen-bond acceptors (Lipinski definition) is 5. The predicted molar refractivity (Wildman–Crippen MR) is 131 cm³/mol. The zero-order valence-electron chi connectivity index (χ0n) is 18.8. The van der Waals surface area contributed by atoms with Gasteiger partial charge in [0.15, 0.2) is 0 Å². The lowest BCUT2D eigenvalue weighted by Crippen LogP contribution is -2.46. The van der Waals surface area contributed by atoms with Gasteiger partial charge in [0, 0.05) is 16.2 Å². The van der Waals surface area contributed by atoms with Crippen LogP contribution < -0.4 is 10.2 Å². The molecule has 2 heterocycles. The van der Waals surface area contributed by atoms with Crippen LogP contribution in [0.2, 0.25) is 0 Å². The number of amides is 2. The van der Waals surface area contributed by atoms with E-state index in [4.69, 9.17) is 4.52 Å². The van der Waals surface area contributed by atoms with Crippen molar-refractivity contribution in [1.29, 1.82) is 0 Å². The van der Waals surface area contributed by atoms with Crippen LogP contribution in [0.3, 0.4) is 0 Å². The molecule has 9 heteroatoms. The number of aromatic nitrogens is 2. The Kier molecular flexibility index (Phi) is 6.08. The second-order valence-corrected chi connectivity index (χ2v) is 8.78. The van der Waals surface area contributed by atoms with E-state index < -0.39 is 11.9 Å². The normalized spacial score (nSPS) is 15.9. The summed E-state index contributed by atoms with van der Waals surface area (Å²) >= 11 is 1.56. The first-order valence-electron chi connectivity index (χ1n) is 10.8. The van der Waals surface area contributed by atoms with E-state index in [1.165, 1.54) is 29.2 Å². The molecule has 0 bridgehead atoms. The maximum Gasteiger partial charge on any atom is 0.326 e. The minimum Gasteiger partial charge on any atom is -0.334 e. The first-order chi connectivity index (χ1) is 16.9. The van der Waals surface area contributed by atoms with Crippen LogP contribution in [-0.4, -0.2) is 22.4 Å². The second-order valence-electron chi connectivity index (χ2n) is 7.90. The Morgan fingerprint density at radius 2 is 1.77 bits per heavy atom. The van der Waals surface area contributed by atoms with Crippen molar-refractivity contribution in [3.8, 4) is 11.4 Å². The van der Waals surface area contributed by atoms with Crippen molar-refractivity contribution < 1.29 is 18.1 Å². The van der Waals surface area contributed by atoms with Crippen molar-refractivity contribution in [1.82, 2.24) is 15.5 Å². The van der Waals surface area contributed by atoms with E-state index in [1.54, 1.807) is 43.0 Å². The summed E-state index contributed by atoms with van der Waals surface area (Å²) in [4.78, 5) is 20.4. The topological polar surface area (TPSA) is 71.3 Å². The van der Waals surface area contributed by atoms with Crippen LogP contribution in [0.5, 0.6) is 0 Å². The minimum atomic E-state index is -0.722. The van der Waals surface area contributed by atoms with Crippen LogP contribution >= 0.6 is 11.8 Å². The number of nitrogens with one attached hydrogen (secondary N) is 1. The summed E-state index contributed by atoms with van der Waals surface area (Å²) in [5.41, 5.74) is 2.87. The van der Waals surface area contributed by atoms with Gasteiger partial charge in [-0.3, -0.25) is 4.90 Å². The lowest BCUT2D eigenvalue weighted by Gasteiger charge is -2.35. The van der Waals surface area contributed by atoms with E-state index >= 15 is 0 Å². The van der Waals surface area contributed by atoms with Gasteiger partial charge in [0.05, 0.1) is 17.3 Å². The van der Waals surface area contributed by atoms with Crippen LogP contribution in [0.15, 0.2) is 87.9 Å². The third-order valence-electron chi connectivity index (χ3n) is 5.74. The van der Waals surface area contributed by atoms with Crippen LogP contribution in [0.1, 0.15) is 24.4 Å². The quantitative estimate of drug-likeness (QED) is 0.326. The summed E-state index contributed by atoms with van der Waals surface area (Å²) in [6.45, 7) is 1.79. The number of carbonyl (C=O) groups is 1. The predicted octanol–water partition coefficient (Wildman–Crippen LogP) is 6.44. The fraction of sp³-hybridized carbons (Fsp3) is 0.115. The van der Waals surface area contributed by atoms with E-state index in [1.807, 2.05) is 30.5 Å². The van der Waals surface area contributed by atoms with Crippen LogP contribution in [0.4, 0.5) is 19.3 Å². The summed E-state index contributed by atoms with van der Waals surface area (Å²) in [7, 11) is 0. The molecule has 176 valence electrons. The number of halogens is 2. The summed E-state index contributed by atoms with van der Waals surface area (Å²) in [5, 5.41) is 7.02. The molecule has 0 fully saturated rings. The van der Waals surface area contributed by atoms with Crippen molar-refractivity contribution in [2.24, 2.45) is 0 Å². The average Bonchev–Trinajstić information content (AvgIpc) is 3.34. The lowest BCUT2D eigenvalue weighted by atomic mass is 9.94. The second kappa shape index (κ2) is 9.34. The number of thioether (sulfide) groups is 1. The molecule has 4 aromatic rings. The Morgan fingerprint density at radius 1 is 1.00 bits per heavy atom. The van der Waals surface area contributed by atoms with E-state index in [2.05, 4.69) is 15.5 Å². The SMILES string of the molecule is CSc1cccc(N2C(=O)NC(c3cccc(F)c3)C(c3nc(-c4ccc(F)cc4)no3)=C2C)c1. The van der Waals surface area contributed by atoms with Gasteiger partial charge in [-0.05, 0) is 73.3 Å². The fourth-order valence-electron chi connectivity index (χ4n) is 4.07. The number of anilines is 1. The largest absolute Gasteiger partial charge is 0.334 e. The zero-order chi connectivity index (χ0) is 24.5. The summed E-state index contributed by atoms with van der Waals surface area (Å²) in [5.74, 6) is -0.366. The number of hydrogen-bond donors (Lipinski definition) is 1. The first-order valence-corrected chi connectivity index (χ1v) is 12.0. The lowest BCUT2D eigenvalue weighted by molar-refractivity contribution is 0.244. The Balaban J connectivity index is 1.66. The van der Waals surface area contributed by atoms with Crippen LogP contribution in [0, 0.1) is 11.6 Å². The molecular weight excluding hydrogens is 470 g/mol. The molecule has 0 aliphatic carbocycles. The van der Waals surface area contributed by atoms with E-state index in [0.29, 0.717) is 28.1 Å². The third kappa shape index (κ3) is 4.42. The minimum absolute atomic E-state index is 0.169. The molecule has 1 unspecified atom stereocenters. The Hall–Kier alpha value is -3.98. The van der Waals surface area contributed by atoms with Gasteiger partial charge in [0.2, 0.25) is 5.82 Å². The van der Waals surface area contributed by atoms with Crippen molar-refractivity contribution in [2.45, 2.75) is 17.9 Å². The molecule has 35 heavy (non-hydrogen) atoms. The highest BCUT2D eigenvalue weighted by Crippen LogP contribution is 2.39. The highest BCUT2D eigenvalue weighted by Gasteiger charge is 2.36. The van der Waals surface area contributed by atoms with Gasteiger partial charge in [0.1, 0.15) is 11.6 Å². The fourth-order valence-corrected chi connectivity index (χ4v) is 4.52. The highest BCUT2D eigenvalue weighted by molar-refractivity contribution is 7.98. The molecule has 1 aromatic heterocycles. The number of urea groups is 1. The van der Waals surface area contributed by atoms with Crippen molar-refractivity contribution in [3.63, 3.8) is 0 Å². The molecule has 1 aliphatic rings. The molecule has 1 aliphatic heterocycles. The van der Waals surface area contributed by atoms with Gasteiger partial charge in [0.25, 0.3) is 5.89 Å². The van der Waals surface area contributed by atoms with Crippen molar-refractivity contribution >= 4 is 29.1 Å². The summed E-state index contributed by atoms with van der Waals surface area (Å²) in [6.07, 6.45) is 1.96. The van der Waals surface area contributed by atoms with Crippen molar-refractivity contribution in [2.75, 3.05) is 11.2 Å². The summed E-state index contributed by atoms with van der Waals surface area (Å²) < 4.78 is 33.1. The van der Waals surface area contributed by atoms with Gasteiger partial charge >= 0.3 is 6.03 Å². The molecule has 5 rings (SSSR count). The molecule has 6 nitrogen and oxygen atoms in total. The molecule has 1 N–H and O–H groups in total. The molecule has 0 saturated carbocycles. The average molecular weight is 491 g/mol. The number of benzene rings is 3. The molecule has 0 spiro atoms. The smallest absolute Gasteiger partial charge is 0.326 e. The van der Waals surface area contributed by atoms with Gasteiger partial charge in [-0.2, -0.15) is 4.98 Å². The third-order valence-corrected chi connectivity index (χ3v) is 6.46. The Bertz CT molecular complexity index is 1440. The molecule has 3 aromatic carbocycles. The van der Waals surface area contributed by atoms with Gasteiger partial charge in [-0.25, -0.2) is 13.6 Å². The molecule has 1 atom stereocenters. The molecule has 2 amide bonds. The van der Waals surface area contributed by atoms with Gasteiger partial charge in [-0.15, -0.1) is 11.8 Å². The van der Waals surface area contributed by atoms with E-state index in [-0.39, 0.29) is 23.6 Å². The molecule has 0 radical (unpaired) electrons. The number of rotatable bonds is 5. The Labute approximate surface area is 204 Å². The van der Waals surface area contributed by atoms with Gasteiger partial charge in [-0.1, -0.05) is 23.4 Å². The molecular formula is C26H20F2N4O2S. The first kappa shape index (κ1) is 22.8. The number of allylic oxidation sites excluding steroid dienone is 1. The summed E-state index contributed by atoms with van der Waals surface area (Å²) in [6, 6.07) is 18.2. The van der Waals surface area contributed by atoms with Crippen LogP contribution in [0.25, 0.3) is 17.0 Å². The Morgan fingerprint density at radius 3 is 2.51 bits per heavy atom. The standard InChI is InChI=1S/C26H20F2N4O2S/c1-15-22(25-30-24(31-34-25)16-9-11-18(27)12-10-16)23(17-5-3-6-19(28)13-17)29-26(33)32(15)20-7-4-8-21(14-20)35-2/h3-14,23H,1-2H3,(H,29,33). The van der Waals surface area contributed by atoms with E-state index in [9.17, 15) is 13.6 Å². The zero-order valence-corrected chi connectivity index (χ0v) is 19.6. The maximum absolute atomic E-state index is 14.1. The monoisotopic (exact) mass is 490 g/mol. The number of nitrogens with zero attached hydrogens (tertiary/aromatic N) is 3. The maximum atomic E-state index is 14.1. The van der Waals surface area contributed by atoms with Crippen LogP contribution in [-0.2, 0) is 0 Å². The highest BCUT2D eigenvalue weighted by atomic mass is 32.2. The van der Waals surface area contributed by atoms with E-state index in [0.717, 1.165) is 4.90 Å². The molecule has 0 saturated heterocycles. The number of carbonyl (C=O) groups excluding carboxylic acids is 1. The van der Waals surface area contributed by atoms with Gasteiger partial charge < -0.3 is 9.84 Å².